The van der Waals surface area contributed by atoms with Gasteiger partial charge in [0.05, 0.1) is 18.0 Å². The van der Waals surface area contributed by atoms with Crippen LogP contribution in [-0.2, 0) is 9.59 Å². The van der Waals surface area contributed by atoms with Crippen molar-refractivity contribution in [2.75, 3.05) is 19.6 Å². The van der Waals surface area contributed by atoms with E-state index in [4.69, 9.17) is 10.8 Å². The molecule has 2 aliphatic rings. The van der Waals surface area contributed by atoms with Gasteiger partial charge < -0.3 is 16.2 Å². The first-order chi connectivity index (χ1) is 8.05. The van der Waals surface area contributed by atoms with Gasteiger partial charge in [-0.25, -0.2) is 0 Å². The number of hydrogen-bond donors (Lipinski definition) is 3. The van der Waals surface area contributed by atoms with Crippen LogP contribution in [0.5, 0.6) is 0 Å². The zero-order valence-electron chi connectivity index (χ0n) is 9.82. The number of carbonyl (C=O) groups excluding carboxylic acids is 1. The van der Waals surface area contributed by atoms with Crippen LogP contribution in [0.25, 0.3) is 0 Å². The number of carboxylic acid groups (broad SMARTS) is 1. The molecule has 2 aliphatic heterocycles. The van der Waals surface area contributed by atoms with Gasteiger partial charge in [-0.1, -0.05) is 6.42 Å². The fourth-order valence-corrected chi connectivity index (χ4v) is 2.92. The summed E-state index contributed by atoms with van der Waals surface area (Å²) in [4.78, 5) is 24.4. The van der Waals surface area contributed by atoms with Gasteiger partial charge in [0.2, 0.25) is 5.91 Å². The molecule has 4 N–H and O–H groups in total. The Hall–Kier alpha value is -1.14. The Morgan fingerprint density at radius 1 is 1.41 bits per heavy atom. The molecule has 0 radical (unpaired) electrons. The van der Waals surface area contributed by atoms with E-state index in [-0.39, 0.29) is 18.4 Å². The number of carbonyl (C=O) groups is 2. The number of primary amides is 1. The predicted molar refractivity (Wildman–Crippen MR) is 61.4 cm³/mol. The lowest BCUT2D eigenvalue weighted by Gasteiger charge is -2.53. The minimum atomic E-state index is -0.819. The summed E-state index contributed by atoms with van der Waals surface area (Å²) in [5.41, 5.74) is 5.00. The van der Waals surface area contributed by atoms with Crippen molar-refractivity contribution in [3.8, 4) is 0 Å². The second kappa shape index (κ2) is 4.62. The molecule has 0 bridgehead atoms. The van der Waals surface area contributed by atoms with E-state index in [1.54, 1.807) is 0 Å². The molecule has 1 unspecified atom stereocenters. The number of hydrogen-bond acceptors (Lipinski definition) is 4. The number of nitrogens with zero attached hydrogens (tertiary/aromatic N) is 1. The lowest BCUT2D eigenvalue weighted by Crippen LogP contribution is -2.73. The van der Waals surface area contributed by atoms with Gasteiger partial charge in [-0.05, 0) is 19.4 Å². The molecule has 6 heteroatoms. The quantitative estimate of drug-likeness (QED) is 0.595. The Bertz CT molecular complexity index is 328. The molecule has 2 fully saturated rings. The zero-order chi connectivity index (χ0) is 12.5. The largest absolute Gasteiger partial charge is 0.481 e. The number of piperidine rings is 1. The molecule has 96 valence electrons. The van der Waals surface area contributed by atoms with Crippen LogP contribution in [0.2, 0.25) is 0 Å². The molecule has 0 spiro atoms. The highest BCUT2D eigenvalue weighted by molar-refractivity contribution is 5.80. The Labute approximate surface area is 100 Å². The summed E-state index contributed by atoms with van der Waals surface area (Å²) in [5, 5.41) is 12.1. The fraction of sp³-hybridized carbons (Fsp3) is 0.818. The third-order valence-electron chi connectivity index (χ3n) is 3.83. The molecule has 17 heavy (non-hydrogen) atoms. The monoisotopic (exact) mass is 241 g/mol. The molecular formula is C11H19N3O3. The first kappa shape index (κ1) is 12.3. The van der Waals surface area contributed by atoms with E-state index in [1.807, 2.05) is 4.90 Å². The standard InChI is InChI=1S/C11H19N3O3/c12-10(17)8-3-1-2-4-14(8)11(5-9(15)16)6-13-7-11/h8,13H,1-7H2,(H2,12,17)(H,15,16). The lowest BCUT2D eigenvalue weighted by molar-refractivity contribution is -0.146. The van der Waals surface area contributed by atoms with Crippen LogP contribution in [0.1, 0.15) is 25.7 Å². The molecule has 1 atom stereocenters. The second-order valence-electron chi connectivity index (χ2n) is 5.01. The van der Waals surface area contributed by atoms with Gasteiger partial charge in [0.1, 0.15) is 0 Å². The van der Waals surface area contributed by atoms with Crippen LogP contribution < -0.4 is 11.1 Å². The molecule has 2 rings (SSSR count). The molecule has 2 saturated heterocycles. The Kier molecular flexibility index (Phi) is 3.35. The van der Waals surface area contributed by atoms with E-state index in [0.29, 0.717) is 13.1 Å². The molecule has 0 aromatic rings. The van der Waals surface area contributed by atoms with Crippen LogP contribution in [0, 0.1) is 0 Å². The Morgan fingerprint density at radius 3 is 2.59 bits per heavy atom. The maximum Gasteiger partial charge on any atom is 0.305 e. The highest BCUT2D eigenvalue weighted by atomic mass is 16.4. The summed E-state index contributed by atoms with van der Waals surface area (Å²) in [6, 6.07) is -0.301. The number of carboxylic acids is 1. The van der Waals surface area contributed by atoms with Crippen molar-refractivity contribution in [3.63, 3.8) is 0 Å². The molecule has 0 saturated carbocycles. The summed E-state index contributed by atoms with van der Waals surface area (Å²) in [6.07, 6.45) is 2.81. The third-order valence-corrected chi connectivity index (χ3v) is 3.83. The number of amides is 1. The normalized spacial score (nSPS) is 28.4. The molecule has 6 nitrogen and oxygen atoms in total. The van der Waals surface area contributed by atoms with Crippen LogP contribution in [0.3, 0.4) is 0 Å². The van der Waals surface area contributed by atoms with Crippen molar-refractivity contribution < 1.29 is 14.7 Å². The van der Waals surface area contributed by atoms with Crippen LogP contribution in [0.15, 0.2) is 0 Å². The molecular weight excluding hydrogens is 222 g/mol. The number of likely N-dealkylation sites (tertiary alicyclic amines) is 1. The predicted octanol–water partition coefficient (Wildman–Crippen LogP) is -0.857. The smallest absolute Gasteiger partial charge is 0.305 e. The average Bonchev–Trinajstić information content (AvgIpc) is 2.23. The van der Waals surface area contributed by atoms with Gasteiger partial charge in [-0.2, -0.15) is 0 Å². The van der Waals surface area contributed by atoms with Crippen molar-refractivity contribution >= 4 is 11.9 Å². The number of nitrogens with two attached hydrogens (primary N) is 1. The van der Waals surface area contributed by atoms with E-state index in [0.717, 1.165) is 25.8 Å². The Morgan fingerprint density at radius 2 is 2.12 bits per heavy atom. The van der Waals surface area contributed by atoms with Crippen molar-refractivity contribution in [2.24, 2.45) is 5.73 Å². The first-order valence-corrected chi connectivity index (χ1v) is 6.04. The minimum absolute atomic E-state index is 0.0732. The summed E-state index contributed by atoms with van der Waals surface area (Å²) >= 11 is 0. The topological polar surface area (TPSA) is 95.7 Å². The first-order valence-electron chi connectivity index (χ1n) is 6.04. The number of aliphatic carboxylic acids is 1. The average molecular weight is 241 g/mol. The van der Waals surface area contributed by atoms with Crippen molar-refractivity contribution in [3.05, 3.63) is 0 Å². The van der Waals surface area contributed by atoms with E-state index in [9.17, 15) is 9.59 Å². The van der Waals surface area contributed by atoms with Crippen LogP contribution in [-0.4, -0.2) is 53.1 Å². The fourth-order valence-electron chi connectivity index (χ4n) is 2.92. The maximum atomic E-state index is 11.4. The lowest BCUT2D eigenvalue weighted by atomic mass is 9.82. The van der Waals surface area contributed by atoms with Crippen LogP contribution >= 0.6 is 0 Å². The van der Waals surface area contributed by atoms with Gasteiger partial charge in [-0.15, -0.1) is 0 Å². The SMILES string of the molecule is NC(=O)C1CCCCN1C1(CC(=O)O)CNC1. The number of nitrogens with one attached hydrogen (secondary N) is 1. The van der Waals surface area contributed by atoms with Crippen molar-refractivity contribution in [1.82, 2.24) is 10.2 Å². The van der Waals surface area contributed by atoms with Gasteiger partial charge >= 0.3 is 5.97 Å². The van der Waals surface area contributed by atoms with Gasteiger partial charge in [-0.3, -0.25) is 14.5 Å². The summed E-state index contributed by atoms with van der Waals surface area (Å²) < 4.78 is 0. The van der Waals surface area contributed by atoms with Gasteiger partial charge in [0, 0.05) is 13.1 Å². The summed E-state index contributed by atoms with van der Waals surface area (Å²) in [7, 11) is 0. The highest BCUT2D eigenvalue weighted by Gasteiger charge is 2.48. The van der Waals surface area contributed by atoms with Crippen molar-refractivity contribution in [1.29, 1.82) is 0 Å². The second-order valence-corrected chi connectivity index (χ2v) is 5.01. The molecule has 1 amide bonds. The van der Waals surface area contributed by atoms with Gasteiger partial charge in [0.25, 0.3) is 0 Å². The molecule has 2 heterocycles. The molecule has 0 aromatic heterocycles. The molecule has 0 aromatic carbocycles. The Balaban J connectivity index is 2.16. The number of rotatable bonds is 4. The minimum Gasteiger partial charge on any atom is -0.481 e. The van der Waals surface area contributed by atoms with Crippen LogP contribution in [0.4, 0.5) is 0 Å². The van der Waals surface area contributed by atoms with E-state index in [1.165, 1.54) is 0 Å². The maximum absolute atomic E-state index is 11.4. The van der Waals surface area contributed by atoms with Crippen molar-refractivity contribution in [2.45, 2.75) is 37.3 Å². The third kappa shape index (κ3) is 2.28. The van der Waals surface area contributed by atoms with E-state index < -0.39 is 11.5 Å². The highest BCUT2D eigenvalue weighted by Crippen LogP contribution is 2.31. The molecule has 0 aliphatic carbocycles. The zero-order valence-corrected chi connectivity index (χ0v) is 9.82. The summed E-state index contributed by atoms with van der Waals surface area (Å²) in [5.74, 6) is -1.15. The van der Waals surface area contributed by atoms with E-state index in [2.05, 4.69) is 5.32 Å². The van der Waals surface area contributed by atoms with E-state index >= 15 is 0 Å². The van der Waals surface area contributed by atoms with Gasteiger partial charge in [0.15, 0.2) is 0 Å². The summed E-state index contributed by atoms with van der Waals surface area (Å²) in [6.45, 7) is 2.02.